The first-order chi connectivity index (χ1) is 4.86. The molecule has 2 N–H and O–H groups in total. The van der Waals surface area contributed by atoms with Gasteiger partial charge in [0, 0.05) is 17.7 Å². The van der Waals surface area contributed by atoms with Crippen molar-refractivity contribution in [2.45, 2.75) is 6.92 Å². The predicted octanol–water partition coefficient (Wildman–Crippen LogP) is 1.17. The van der Waals surface area contributed by atoms with Crippen LogP contribution in [0.4, 0.5) is 5.69 Å². The van der Waals surface area contributed by atoms with Crippen molar-refractivity contribution in [1.82, 2.24) is 0 Å². The highest BCUT2D eigenvalue weighted by Gasteiger charge is 2.06. The zero-order valence-corrected chi connectivity index (χ0v) is 5.96. The molecule has 0 amide bonds. The van der Waals surface area contributed by atoms with Crippen LogP contribution in [0, 0.1) is 6.92 Å². The second-order valence-corrected chi connectivity index (χ2v) is 2.66. The summed E-state index contributed by atoms with van der Waals surface area (Å²) >= 11 is 0. The lowest BCUT2D eigenvalue weighted by Gasteiger charge is -1.94. The fourth-order valence-electron chi connectivity index (χ4n) is 1.25. The van der Waals surface area contributed by atoms with Gasteiger partial charge in [-0.25, -0.2) is 0 Å². The number of nitrogens with two attached hydrogens (primary N) is 1. The fourth-order valence-corrected chi connectivity index (χ4v) is 1.25. The summed E-state index contributed by atoms with van der Waals surface area (Å²) in [5.41, 5.74) is 4.02. The molecular formula is C9H10N+. The Bertz CT molecular complexity index is 287. The number of fused-ring (bicyclic) bond motifs is 1. The van der Waals surface area contributed by atoms with Crippen LogP contribution in [-0.4, -0.2) is 0 Å². The van der Waals surface area contributed by atoms with Gasteiger partial charge in [-0.3, -0.25) is 5.32 Å². The first-order valence-electron chi connectivity index (χ1n) is 3.48. The van der Waals surface area contributed by atoms with E-state index in [1.54, 1.807) is 0 Å². The molecule has 1 aliphatic rings. The number of hydrogen-bond donors (Lipinski definition) is 1. The van der Waals surface area contributed by atoms with Gasteiger partial charge in [-0.15, -0.1) is 0 Å². The Morgan fingerprint density at radius 1 is 1.30 bits per heavy atom. The zero-order chi connectivity index (χ0) is 6.97. The molecule has 1 heteroatoms. The number of quaternary nitrogens is 1. The van der Waals surface area contributed by atoms with E-state index in [1.165, 1.54) is 16.8 Å². The Kier molecular flexibility index (Phi) is 1.11. The molecule has 1 aromatic rings. The number of rotatable bonds is 0. The van der Waals surface area contributed by atoms with E-state index in [-0.39, 0.29) is 0 Å². The maximum absolute atomic E-state index is 2.20. The molecule has 0 aromatic heterocycles. The lowest BCUT2D eigenvalue weighted by Crippen LogP contribution is -2.69. The molecule has 1 heterocycles. The molecule has 1 aliphatic heterocycles. The highest BCUT2D eigenvalue weighted by Crippen LogP contribution is 2.16. The van der Waals surface area contributed by atoms with E-state index in [0.717, 1.165) is 0 Å². The van der Waals surface area contributed by atoms with E-state index < -0.39 is 0 Å². The van der Waals surface area contributed by atoms with Crippen LogP contribution in [0.25, 0.3) is 6.08 Å². The molecular weight excluding hydrogens is 122 g/mol. The minimum Gasteiger partial charge on any atom is -0.287 e. The molecule has 0 saturated carbocycles. The molecule has 10 heavy (non-hydrogen) atoms. The Balaban J connectivity index is 2.60. The van der Waals surface area contributed by atoms with Crippen LogP contribution in [0.5, 0.6) is 0 Å². The van der Waals surface area contributed by atoms with Crippen molar-refractivity contribution in [3.63, 3.8) is 0 Å². The lowest BCUT2D eigenvalue weighted by molar-refractivity contribution is -0.491. The monoisotopic (exact) mass is 132 g/mol. The summed E-state index contributed by atoms with van der Waals surface area (Å²) in [5, 5.41) is 2.13. The van der Waals surface area contributed by atoms with E-state index in [0.29, 0.717) is 0 Å². The molecule has 0 saturated heterocycles. The highest BCUT2D eigenvalue weighted by atomic mass is 14.9. The zero-order valence-electron chi connectivity index (χ0n) is 5.96. The van der Waals surface area contributed by atoms with Crippen LogP contribution in [0.3, 0.4) is 0 Å². The van der Waals surface area contributed by atoms with Crippen LogP contribution in [0.2, 0.25) is 0 Å². The van der Waals surface area contributed by atoms with E-state index in [9.17, 15) is 0 Å². The minimum absolute atomic E-state index is 1.33. The van der Waals surface area contributed by atoms with Crippen molar-refractivity contribution < 1.29 is 5.32 Å². The van der Waals surface area contributed by atoms with E-state index in [1.807, 2.05) is 0 Å². The van der Waals surface area contributed by atoms with Gasteiger partial charge in [-0.2, -0.15) is 0 Å². The average Bonchev–Trinajstić information content (AvgIpc) is 2.33. The molecule has 0 unspecified atom stereocenters. The maximum atomic E-state index is 2.20. The predicted molar refractivity (Wildman–Crippen MR) is 41.8 cm³/mol. The third kappa shape index (κ3) is 0.755. The average molecular weight is 132 g/mol. The van der Waals surface area contributed by atoms with Crippen LogP contribution in [0.1, 0.15) is 11.1 Å². The number of aryl methyl sites for hydroxylation is 1. The van der Waals surface area contributed by atoms with E-state index >= 15 is 0 Å². The van der Waals surface area contributed by atoms with Crippen molar-refractivity contribution in [2.75, 3.05) is 0 Å². The second-order valence-electron chi connectivity index (χ2n) is 2.66. The lowest BCUT2D eigenvalue weighted by atomic mass is 10.1. The molecule has 50 valence electrons. The topological polar surface area (TPSA) is 16.6 Å². The summed E-state index contributed by atoms with van der Waals surface area (Å²) in [4.78, 5) is 0. The summed E-state index contributed by atoms with van der Waals surface area (Å²) < 4.78 is 0. The molecule has 2 rings (SSSR count). The van der Waals surface area contributed by atoms with Crippen molar-refractivity contribution in [1.29, 1.82) is 0 Å². The Morgan fingerprint density at radius 3 is 3.10 bits per heavy atom. The Hall–Kier alpha value is -1.08. The Labute approximate surface area is 60.4 Å². The van der Waals surface area contributed by atoms with Gasteiger partial charge in [0.05, 0.1) is 6.20 Å². The molecule has 1 nitrogen and oxygen atoms in total. The second kappa shape index (κ2) is 1.96. The SMILES string of the molecule is Cc1ccc2c(c1)C=C[NH2+]2. The fraction of sp³-hybridized carbons (Fsp3) is 0.111. The smallest absolute Gasteiger partial charge is 0.141 e. The highest BCUT2D eigenvalue weighted by molar-refractivity contribution is 5.63. The van der Waals surface area contributed by atoms with Gasteiger partial charge in [-0.1, -0.05) is 11.6 Å². The molecule has 0 aliphatic carbocycles. The van der Waals surface area contributed by atoms with Gasteiger partial charge in [0.1, 0.15) is 5.69 Å². The third-order valence-corrected chi connectivity index (χ3v) is 1.79. The first kappa shape index (κ1) is 5.69. The van der Waals surface area contributed by atoms with Crippen LogP contribution in [0.15, 0.2) is 24.4 Å². The molecule has 0 fully saturated rings. The minimum atomic E-state index is 1.33. The van der Waals surface area contributed by atoms with Crippen LogP contribution < -0.4 is 5.32 Å². The van der Waals surface area contributed by atoms with Gasteiger partial charge >= 0.3 is 0 Å². The van der Waals surface area contributed by atoms with Gasteiger partial charge in [0.25, 0.3) is 0 Å². The molecule has 0 spiro atoms. The summed E-state index contributed by atoms with van der Waals surface area (Å²) in [6, 6.07) is 6.50. The van der Waals surface area contributed by atoms with E-state index in [4.69, 9.17) is 0 Å². The summed E-state index contributed by atoms with van der Waals surface area (Å²) in [5.74, 6) is 0. The summed E-state index contributed by atoms with van der Waals surface area (Å²) in [6.07, 6.45) is 4.23. The van der Waals surface area contributed by atoms with E-state index in [2.05, 4.69) is 42.7 Å². The van der Waals surface area contributed by atoms with Crippen molar-refractivity contribution in [2.24, 2.45) is 0 Å². The molecule has 1 aromatic carbocycles. The maximum Gasteiger partial charge on any atom is 0.141 e. The quantitative estimate of drug-likeness (QED) is 0.510. The first-order valence-corrected chi connectivity index (χ1v) is 3.48. The molecule has 0 bridgehead atoms. The van der Waals surface area contributed by atoms with Crippen molar-refractivity contribution in [3.05, 3.63) is 35.5 Å². The molecule has 0 atom stereocenters. The van der Waals surface area contributed by atoms with Crippen molar-refractivity contribution >= 4 is 11.8 Å². The van der Waals surface area contributed by atoms with Gasteiger partial charge < -0.3 is 0 Å². The van der Waals surface area contributed by atoms with Gasteiger partial charge in [-0.05, 0) is 13.0 Å². The largest absolute Gasteiger partial charge is 0.287 e. The van der Waals surface area contributed by atoms with Crippen LogP contribution in [-0.2, 0) is 0 Å². The normalized spacial score (nSPS) is 13.7. The standard InChI is InChI=1S/C9H9N/c1-7-2-3-9-8(6-7)4-5-10-9/h2-6,10H,1H3/p+1. The molecule has 0 radical (unpaired) electrons. The third-order valence-electron chi connectivity index (χ3n) is 1.79. The Morgan fingerprint density at radius 2 is 2.20 bits per heavy atom. The summed E-state index contributed by atoms with van der Waals surface area (Å²) in [7, 11) is 0. The van der Waals surface area contributed by atoms with Crippen LogP contribution >= 0.6 is 0 Å². The van der Waals surface area contributed by atoms with Crippen molar-refractivity contribution in [3.8, 4) is 0 Å². The van der Waals surface area contributed by atoms with Gasteiger partial charge in [0.2, 0.25) is 0 Å². The van der Waals surface area contributed by atoms with Gasteiger partial charge in [0.15, 0.2) is 0 Å². The number of hydrogen-bond acceptors (Lipinski definition) is 0. The number of benzene rings is 1. The summed E-state index contributed by atoms with van der Waals surface area (Å²) in [6.45, 7) is 2.12.